The van der Waals surface area contributed by atoms with Gasteiger partial charge in [0.2, 0.25) is 0 Å². The van der Waals surface area contributed by atoms with E-state index in [2.05, 4.69) is 5.32 Å². The third kappa shape index (κ3) is 2.43. The van der Waals surface area contributed by atoms with Gasteiger partial charge in [-0.05, 0) is 25.0 Å². The summed E-state index contributed by atoms with van der Waals surface area (Å²) < 4.78 is 26.3. The summed E-state index contributed by atoms with van der Waals surface area (Å²) in [6.45, 7) is -0.0723. The molecule has 0 aromatic heterocycles. The van der Waals surface area contributed by atoms with E-state index in [0.29, 0.717) is 12.8 Å². The number of carbonyl (C=O) groups excluding carboxylic acids is 1. The van der Waals surface area contributed by atoms with Gasteiger partial charge in [0.1, 0.15) is 0 Å². The Kier molecular flexibility index (Phi) is 3.50. The van der Waals surface area contributed by atoms with Gasteiger partial charge < -0.3 is 10.4 Å². The van der Waals surface area contributed by atoms with Crippen LogP contribution in [0.15, 0.2) is 18.2 Å². The van der Waals surface area contributed by atoms with E-state index in [9.17, 15) is 18.4 Å². The maximum absolute atomic E-state index is 13.4. The average molecular weight is 269 g/mol. The van der Waals surface area contributed by atoms with Crippen molar-refractivity contribution in [2.24, 2.45) is 5.41 Å². The molecule has 0 atom stereocenters. The number of aliphatic carboxylic acids is 1. The molecule has 1 aliphatic carbocycles. The van der Waals surface area contributed by atoms with Crippen molar-refractivity contribution in [3.05, 3.63) is 35.4 Å². The van der Waals surface area contributed by atoms with Gasteiger partial charge in [-0.15, -0.1) is 0 Å². The summed E-state index contributed by atoms with van der Waals surface area (Å²) >= 11 is 0. The molecule has 1 amide bonds. The van der Waals surface area contributed by atoms with Gasteiger partial charge >= 0.3 is 5.97 Å². The molecule has 1 saturated carbocycles. The summed E-state index contributed by atoms with van der Waals surface area (Å²) in [5.41, 5.74) is -1.38. The van der Waals surface area contributed by atoms with E-state index in [0.717, 1.165) is 18.6 Å². The minimum absolute atomic E-state index is 0.0723. The second kappa shape index (κ2) is 4.95. The molecule has 0 aliphatic heterocycles. The lowest BCUT2D eigenvalue weighted by Crippen LogP contribution is -2.47. The maximum Gasteiger partial charge on any atom is 0.311 e. The number of benzene rings is 1. The third-order valence-electron chi connectivity index (χ3n) is 3.55. The molecule has 1 aromatic carbocycles. The normalized spacial score (nSPS) is 16.5. The molecule has 102 valence electrons. The van der Waals surface area contributed by atoms with Crippen LogP contribution in [0.4, 0.5) is 8.78 Å². The predicted molar refractivity (Wildman–Crippen MR) is 62.6 cm³/mol. The Morgan fingerprint density at radius 3 is 2.53 bits per heavy atom. The van der Waals surface area contributed by atoms with Crippen molar-refractivity contribution in [2.75, 3.05) is 6.54 Å². The fraction of sp³-hybridized carbons (Fsp3) is 0.385. The van der Waals surface area contributed by atoms with Crippen molar-refractivity contribution in [1.29, 1.82) is 0 Å². The molecule has 0 unspecified atom stereocenters. The number of carboxylic acids is 1. The van der Waals surface area contributed by atoms with Gasteiger partial charge in [-0.2, -0.15) is 0 Å². The standard InChI is InChI=1S/C13H13F2NO3/c14-9-4-1-3-8(10(9)15)11(17)16-7-13(12(18)19)5-2-6-13/h1,3-4H,2,5-7H2,(H,16,17)(H,18,19). The molecule has 0 saturated heterocycles. The summed E-state index contributed by atoms with van der Waals surface area (Å²) in [4.78, 5) is 22.8. The zero-order chi connectivity index (χ0) is 14.0. The van der Waals surface area contributed by atoms with E-state index in [1.54, 1.807) is 0 Å². The number of nitrogens with one attached hydrogen (secondary N) is 1. The van der Waals surface area contributed by atoms with Crippen molar-refractivity contribution in [2.45, 2.75) is 19.3 Å². The van der Waals surface area contributed by atoms with Crippen LogP contribution in [0.1, 0.15) is 29.6 Å². The average Bonchev–Trinajstić information content (AvgIpc) is 2.30. The Morgan fingerprint density at radius 2 is 2.00 bits per heavy atom. The number of hydrogen-bond donors (Lipinski definition) is 2. The first-order chi connectivity index (χ1) is 8.96. The lowest BCUT2D eigenvalue weighted by atomic mass is 9.69. The minimum Gasteiger partial charge on any atom is -0.481 e. The molecule has 0 radical (unpaired) electrons. The molecular weight excluding hydrogens is 256 g/mol. The van der Waals surface area contributed by atoms with Crippen LogP contribution >= 0.6 is 0 Å². The Morgan fingerprint density at radius 1 is 1.32 bits per heavy atom. The number of halogens is 2. The van der Waals surface area contributed by atoms with Gasteiger partial charge in [0.25, 0.3) is 5.91 Å². The van der Waals surface area contributed by atoms with Gasteiger partial charge in [-0.3, -0.25) is 9.59 Å². The van der Waals surface area contributed by atoms with Gasteiger partial charge in [0.15, 0.2) is 11.6 Å². The van der Waals surface area contributed by atoms with Gasteiger partial charge in [-0.1, -0.05) is 12.5 Å². The fourth-order valence-corrected chi connectivity index (χ4v) is 2.09. The number of rotatable bonds is 4. The van der Waals surface area contributed by atoms with Crippen molar-refractivity contribution in [1.82, 2.24) is 5.32 Å². The summed E-state index contributed by atoms with van der Waals surface area (Å²) in [7, 11) is 0. The number of carbonyl (C=O) groups is 2. The largest absolute Gasteiger partial charge is 0.481 e. The smallest absolute Gasteiger partial charge is 0.311 e. The number of carboxylic acid groups (broad SMARTS) is 1. The van der Waals surface area contributed by atoms with Gasteiger partial charge in [-0.25, -0.2) is 8.78 Å². The highest BCUT2D eigenvalue weighted by Gasteiger charge is 2.44. The van der Waals surface area contributed by atoms with E-state index in [-0.39, 0.29) is 6.54 Å². The molecule has 1 fully saturated rings. The Balaban J connectivity index is 2.06. The molecule has 6 heteroatoms. The zero-order valence-electron chi connectivity index (χ0n) is 10.1. The van der Waals surface area contributed by atoms with Crippen LogP contribution in [0.2, 0.25) is 0 Å². The monoisotopic (exact) mass is 269 g/mol. The van der Waals surface area contributed by atoms with Crippen LogP contribution in [-0.2, 0) is 4.79 Å². The molecule has 4 nitrogen and oxygen atoms in total. The van der Waals surface area contributed by atoms with Crippen LogP contribution < -0.4 is 5.32 Å². The Labute approximate surface area is 108 Å². The molecule has 0 bridgehead atoms. The molecule has 2 N–H and O–H groups in total. The lowest BCUT2D eigenvalue weighted by molar-refractivity contribution is -0.153. The first-order valence-corrected chi connectivity index (χ1v) is 5.92. The third-order valence-corrected chi connectivity index (χ3v) is 3.55. The fourth-order valence-electron chi connectivity index (χ4n) is 2.09. The quantitative estimate of drug-likeness (QED) is 0.878. The van der Waals surface area contributed by atoms with E-state index in [1.165, 1.54) is 6.07 Å². The molecule has 2 rings (SSSR count). The van der Waals surface area contributed by atoms with Crippen LogP contribution in [0.25, 0.3) is 0 Å². The van der Waals surface area contributed by atoms with E-state index in [1.807, 2.05) is 0 Å². The Bertz CT molecular complexity index is 527. The summed E-state index contributed by atoms with van der Waals surface area (Å²) in [5.74, 6) is -4.11. The number of amides is 1. The SMILES string of the molecule is O=C(NCC1(C(=O)O)CCC1)c1cccc(F)c1F. The topological polar surface area (TPSA) is 66.4 Å². The second-order valence-corrected chi connectivity index (χ2v) is 4.72. The van der Waals surface area contributed by atoms with Gasteiger partial charge in [0.05, 0.1) is 11.0 Å². The zero-order valence-corrected chi connectivity index (χ0v) is 10.1. The van der Waals surface area contributed by atoms with E-state index < -0.39 is 34.5 Å². The second-order valence-electron chi connectivity index (χ2n) is 4.72. The molecular formula is C13H13F2NO3. The van der Waals surface area contributed by atoms with Crippen molar-refractivity contribution in [3.63, 3.8) is 0 Å². The first kappa shape index (κ1) is 13.5. The molecule has 0 spiro atoms. The first-order valence-electron chi connectivity index (χ1n) is 5.92. The number of hydrogen-bond acceptors (Lipinski definition) is 2. The molecule has 1 aromatic rings. The van der Waals surface area contributed by atoms with E-state index in [4.69, 9.17) is 5.11 Å². The van der Waals surface area contributed by atoms with Gasteiger partial charge in [0, 0.05) is 6.54 Å². The van der Waals surface area contributed by atoms with Crippen molar-refractivity contribution in [3.8, 4) is 0 Å². The summed E-state index contributed by atoms with van der Waals surface area (Å²) in [6, 6.07) is 3.29. The van der Waals surface area contributed by atoms with Crippen LogP contribution in [-0.4, -0.2) is 23.5 Å². The summed E-state index contributed by atoms with van der Waals surface area (Å²) in [5, 5.41) is 11.4. The Hall–Kier alpha value is -1.98. The lowest BCUT2D eigenvalue weighted by Gasteiger charge is -2.37. The molecule has 0 heterocycles. The highest BCUT2D eigenvalue weighted by Crippen LogP contribution is 2.40. The van der Waals surface area contributed by atoms with Crippen LogP contribution in [0, 0.1) is 17.0 Å². The molecule has 19 heavy (non-hydrogen) atoms. The molecule has 1 aliphatic rings. The minimum atomic E-state index is -1.22. The van der Waals surface area contributed by atoms with Crippen LogP contribution in [0.5, 0.6) is 0 Å². The summed E-state index contributed by atoms with van der Waals surface area (Å²) in [6.07, 6.45) is 1.75. The predicted octanol–water partition coefficient (Wildman–Crippen LogP) is 1.95. The van der Waals surface area contributed by atoms with Crippen molar-refractivity contribution < 1.29 is 23.5 Å². The van der Waals surface area contributed by atoms with Crippen LogP contribution in [0.3, 0.4) is 0 Å². The highest BCUT2D eigenvalue weighted by atomic mass is 19.2. The van der Waals surface area contributed by atoms with E-state index >= 15 is 0 Å². The van der Waals surface area contributed by atoms with Crippen molar-refractivity contribution >= 4 is 11.9 Å². The highest BCUT2D eigenvalue weighted by molar-refractivity contribution is 5.94. The maximum atomic E-state index is 13.4.